The lowest BCUT2D eigenvalue weighted by Crippen LogP contribution is -2.56. The van der Waals surface area contributed by atoms with Crippen molar-refractivity contribution in [1.29, 1.82) is 0 Å². The molecule has 13 heteroatoms. The van der Waals surface area contributed by atoms with E-state index in [1.165, 1.54) is 55.3 Å². The summed E-state index contributed by atoms with van der Waals surface area (Å²) in [6, 6.07) is 24.6. The Bertz CT molecular complexity index is 1910. The molecule has 0 saturated heterocycles. The summed E-state index contributed by atoms with van der Waals surface area (Å²) in [7, 11) is -3.12. The quantitative estimate of drug-likeness (QED) is 0.127. The van der Waals surface area contributed by atoms with E-state index < -0.39 is 44.9 Å². The van der Waals surface area contributed by atoms with Crippen molar-refractivity contribution in [3.63, 3.8) is 0 Å². The first-order valence-corrected chi connectivity index (χ1v) is 17.2. The maximum Gasteiger partial charge on any atom is 0.273 e. The fraction of sp³-hybridized carbons (Fsp3) is 0.278. The number of nitro groups is 1. The van der Waals surface area contributed by atoms with Gasteiger partial charge in [0, 0.05) is 35.2 Å². The van der Waals surface area contributed by atoms with Gasteiger partial charge >= 0.3 is 0 Å². The molecule has 0 spiro atoms. The third kappa shape index (κ3) is 9.36. The van der Waals surface area contributed by atoms with E-state index in [-0.39, 0.29) is 34.8 Å². The normalized spacial score (nSPS) is 12.1. The van der Waals surface area contributed by atoms with Crippen LogP contribution in [0.4, 0.5) is 11.4 Å². The molecule has 0 radical (unpaired) electrons. The SMILES string of the molecule is COc1ccc(N(CC(=O)N(Cc2ccccc2Cl)C(Cc2ccccc2)C(=O)NC(C)(C)C)S(=O)(=O)c2ccc(C)c([N+](=O)[O-])c2)cc1. The molecule has 0 aromatic heterocycles. The van der Waals surface area contributed by atoms with Crippen molar-refractivity contribution in [1.82, 2.24) is 10.2 Å². The molecule has 1 N–H and O–H groups in total. The van der Waals surface area contributed by atoms with Gasteiger partial charge in [0.2, 0.25) is 11.8 Å². The molecule has 4 aromatic rings. The summed E-state index contributed by atoms with van der Waals surface area (Å²) < 4.78 is 34.8. The average molecular weight is 707 g/mol. The number of amides is 2. The molecule has 0 heterocycles. The van der Waals surface area contributed by atoms with Crippen molar-refractivity contribution in [2.45, 2.75) is 57.1 Å². The monoisotopic (exact) mass is 706 g/mol. The first kappa shape index (κ1) is 36.9. The van der Waals surface area contributed by atoms with E-state index in [0.29, 0.717) is 16.3 Å². The van der Waals surface area contributed by atoms with Crippen molar-refractivity contribution in [3.05, 3.63) is 129 Å². The molecule has 0 fully saturated rings. The van der Waals surface area contributed by atoms with Gasteiger partial charge in [0.25, 0.3) is 15.7 Å². The lowest BCUT2D eigenvalue weighted by Gasteiger charge is -2.35. The Hall–Kier alpha value is -4.94. The van der Waals surface area contributed by atoms with E-state index in [9.17, 15) is 28.1 Å². The van der Waals surface area contributed by atoms with Crippen LogP contribution in [-0.4, -0.2) is 55.3 Å². The zero-order valence-corrected chi connectivity index (χ0v) is 29.5. The third-order valence-electron chi connectivity index (χ3n) is 7.67. The molecule has 1 unspecified atom stereocenters. The number of rotatable bonds is 13. The minimum Gasteiger partial charge on any atom is -0.497 e. The summed E-state index contributed by atoms with van der Waals surface area (Å²) in [6.45, 7) is 6.12. The van der Waals surface area contributed by atoms with Gasteiger partial charge in [0.15, 0.2) is 0 Å². The zero-order chi connectivity index (χ0) is 35.9. The summed E-state index contributed by atoms with van der Waals surface area (Å²) in [6.07, 6.45) is 0.123. The number of nitro benzene ring substituents is 1. The number of sulfonamides is 1. The third-order valence-corrected chi connectivity index (χ3v) is 9.81. The van der Waals surface area contributed by atoms with Crippen LogP contribution in [0.15, 0.2) is 102 Å². The summed E-state index contributed by atoms with van der Waals surface area (Å²) in [5, 5.41) is 15.1. The molecule has 0 bridgehead atoms. The molecule has 4 aromatic carbocycles. The number of nitrogens with zero attached hydrogens (tertiary/aromatic N) is 3. The Morgan fingerprint density at radius 1 is 0.959 bits per heavy atom. The fourth-order valence-corrected chi connectivity index (χ4v) is 6.80. The topological polar surface area (TPSA) is 139 Å². The van der Waals surface area contributed by atoms with Crippen molar-refractivity contribution in [3.8, 4) is 5.75 Å². The highest BCUT2D eigenvalue weighted by atomic mass is 35.5. The van der Waals surface area contributed by atoms with Gasteiger partial charge in [0.1, 0.15) is 18.3 Å². The van der Waals surface area contributed by atoms with Gasteiger partial charge in [-0.05, 0) is 75.2 Å². The second-order valence-electron chi connectivity index (χ2n) is 12.5. The van der Waals surface area contributed by atoms with Crippen LogP contribution in [0.25, 0.3) is 0 Å². The molecule has 11 nitrogen and oxygen atoms in total. The van der Waals surface area contributed by atoms with Gasteiger partial charge in [0.05, 0.1) is 22.6 Å². The molecule has 0 aliphatic rings. The van der Waals surface area contributed by atoms with Gasteiger partial charge in [-0.25, -0.2) is 8.42 Å². The van der Waals surface area contributed by atoms with Crippen LogP contribution in [0.3, 0.4) is 0 Å². The van der Waals surface area contributed by atoms with Gasteiger partial charge in [-0.1, -0.05) is 66.2 Å². The lowest BCUT2D eigenvalue weighted by atomic mass is 10.0. The zero-order valence-electron chi connectivity index (χ0n) is 27.9. The van der Waals surface area contributed by atoms with Gasteiger partial charge in [-0.2, -0.15) is 0 Å². The number of carbonyl (C=O) groups excluding carboxylic acids is 2. The summed E-state index contributed by atoms with van der Waals surface area (Å²) >= 11 is 6.55. The van der Waals surface area contributed by atoms with Crippen molar-refractivity contribution in [2.24, 2.45) is 0 Å². The number of halogens is 1. The summed E-state index contributed by atoms with van der Waals surface area (Å²) in [5.41, 5.74) is 0.671. The van der Waals surface area contributed by atoms with Crippen molar-refractivity contribution in [2.75, 3.05) is 18.0 Å². The van der Waals surface area contributed by atoms with Crippen LogP contribution >= 0.6 is 11.6 Å². The Balaban J connectivity index is 1.86. The van der Waals surface area contributed by atoms with Crippen LogP contribution < -0.4 is 14.4 Å². The average Bonchev–Trinajstić information content (AvgIpc) is 3.05. The molecule has 1 atom stereocenters. The number of aryl methyl sites for hydroxylation is 1. The number of hydrogen-bond donors (Lipinski definition) is 1. The number of ether oxygens (including phenoxy) is 1. The second kappa shape index (κ2) is 15.5. The molecule has 49 heavy (non-hydrogen) atoms. The van der Waals surface area contributed by atoms with Crippen molar-refractivity contribution >= 4 is 44.8 Å². The maximum atomic E-state index is 14.6. The highest BCUT2D eigenvalue weighted by Gasteiger charge is 2.36. The minimum atomic E-state index is -4.58. The predicted molar refractivity (Wildman–Crippen MR) is 189 cm³/mol. The Morgan fingerprint density at radius 3 is 2.18 bits per heavy atom. The van der Waals surface area contributed by atoms with Crippen LogP contribution in [0, 0.1) is 17.0 Å². The number of carbonyl (C=O) groups is 2. The van der Waals surface area contributed by atoms with Crippen LogP contribution in [-0.2, 0) is 32.6 Å². The molecule has 0 aliphatic heterocycles. The van der Waals surface area contributed by atoms with E-state index in [0.717, 1.165) is 15.9 Å². The number of hydrogen-bond acceptors (Lipinski definition) is 7. The highest BCUT2D eigenvalue weighted by molar-refractivity contribution is 7.92. The fourth-order valence-electron chi connectivity index (χ4n) is 5.17. The molecule has 0 aliphatic carbocycles. The Morgan fingerprint density at radius 2 is 1.59 bits per heavy atom. The molecular formula is C36H39ClN4O7S. The molecule has 258 valence electrons. The number of anilines is 1. The van der Waals surface area contributed by atoms with Gasteiger partial charge in [-0.15, -0.1) is 0 Å². The van der Waals surface area contributed by atoms with Gasteiger partial charge < -0.3 is 15.0 Å². The summed E-state index contributed by atoms with van der Waals surface area (Å²) in [4.78, 5) is 40.7. The molecule has 4 rings (SSSR count). The number of benzene rings is 4. The standard InChI is InChI=1S/C36H39ClN4O7S/c1-25-15-20-30(22-32(25)41(44)45)49(46,47)40(28-16-18-29(48-5)19-17-28)24-34(42)39(23-27-13-9-10-14-31(27)37)33(35(43)38-36(2,3)4)21-26-11-7-6-8-12-26/h6-20,22,33H,21,23-24H2,1-5H3,(H,38,43). The first-order chi connectivity index (χ1) is 23.1. The predicted octanol–water partition coefficient (Wildman–Crippen LogP) is 6.32. The summed E-state index contributed by atoms with van der Waals surface area (Å²) in [5.74, 6) is -0.698. The first-order valence-electron chi connectivity index (χ1n) is 15.4. The van der Waals surface area contributed by atoms with E-state index in [4.69, 9.17) is 16.3 Å². The molecule has 2 amide bonds. The lowest BCUT2D eigenvalue weighted by molar-refractivity contribution is -0.385. The van der Waals surface area contributed by atoms with Crippen molar-refractivity contribution < 1.29 is 27.7 Å². The molecular weight excluding hydrogens is 668 g/mol. The Kier molecular flexibility index (Phi) is 11.7. The van der Waals surface area contributed by atoms with E-state index in [1.807, 2.05) is 51.1 Å². The minimum absolute atomic E-state index is 0.105. The second-order valence-corrected chi connectivity index (χ2v) is 14.7. The highest BCUT2D eigenvalue weighted by Crippen LogP contribution is 2.30. The maximum absolute atomic E-state index is 14.6. The smallest absolute Gasteiger partial charge is 0.273 e. The Labute approximate surface area is 291 Å². The molecule has 0 saturated carbocycles. The van der Waals surface area contributed by atoms with Crippen LogP contribution in [0.2, 0.25) is 5.02 Å². The van der Waals surface area contributed by atoms with E-state index in [1.54, 1.807) is 24.3 Å². The number of methoxy groups -OCH3 is 1. The van der Waals surface area contributed by atoms with Crippen LogP contribution in [0.1, 0.15) is 37.5 Å². The number of nitrogens with one attached hydrogen (secondary N) is 1. The van der Waals surface area contributed by atoms with Crippen LogP contribution in [0.5, 0.6) is 5.75 Å². The van der Waals surface area contributed by atoms with E-state index in [2.05, 4.69) is 5.32 Å². The van der Waals surface area contributed by atoms with E-state index >= 15 is 0 Å². The van der Waals surface area contributed by atoms with Gasteiger partial charge in [-0.3, -0.25) is 24.0 Å². The largest absolute Gasteiger partial charge is 0.497 e.